The Balaban J connectivity index is 1.77. The van der Waals surface area contributed by atoms with E-state index in [2.05, 4.69) is 11.9 Å². The summed E-state index contributed by atoms with van der Waals surface area (Å²) in [7, 11) is 0. The number of allylic oxidation sites excluding steroid dienone is 1. The molecule has 0 radical (unpaired) electrons. The number of halogens is 1. The molecule has 1 amide bonds. The van der Waals surface area contributed by atoms with Crippen molar-refractivity contribution in [2.45, 2.75) is 51.7 Å². The van der Waals surface area contributed by atoms with E-state index in [1.165, 1.54) is 12.1 Å². The number of fused-ring (bicyclic) bond motifs is 1. The second-order valence-electron chi connectivity index (χ2n) is 9.29. The molecule has 30 heavy (non-hydrogen) atoms. The van der Waals surface area contributed by atoms with Crippen LogP contribution in [-0.2, 0) is 10.3 Å². The van der Waals surface area contributed by atoms with Gasteiger partial charge in [0.25, 0.3) is 0 Å². The summed E-state index contributed by atoms with van der Waals surface area (Å²) in [5, 5.41) is 2.96. The smallest absolute Gasteiger partial charge is 0.408 e. The summed E-state index contributed by atoms with van der Waals surface area (Å²) in [5.74, 6) is 0.711. The van der Waals surface area contributed by atoms with Gasteiger partial charge in [-0.3, -0.25) is 0 Å². The van der Waals surface area contributed by atoms with Crippen molar-refractivity contribution in [3.63, 3.8) is 0 Å². The van der Waals surface area contributed by atoms with Crippen molar-refractivity contribution in [3.8, 4) is 17.0 Å². The Hall–Kier alpha value is -2.89. The number of aromatic nitrogens is 1. The van der Waals surface area contributed by atoms with Crippen LogP contribution < -0.4 is 10.1 Å². The zero-order chi connectivity index (χ0) is 21.7. The number of ether oxygens (including phenoxy) is 2. The number of nitrogens with one attached hydrogen (secondary N) is 1. The third-order valence-corrected chi connectivity index (χ3v) is 5.37. The van der Waals surface area contributed by atoms with E-state index in [9.17, 15) is 9.18 Å². The van der Waals surface area contributed by atoms with Gasteiger partial charge in [-0.05, 0) is 82.4 Å². The highest BCUT2D eigenvalue weighted by Crippen LogP contribution is 2.47. The molecular weight excluding hydrogens is 383 g/mol. The summed E-state index contributed by atoms with van der Waals surface area (Å²) in [4.78, 5) is 17.3. The highest BCUT2D eigenvalue weighted by atomic mass is 19.1. The minimum Gasteiger partial charge on any atom is -0.488 e. The highest BCUT2D eigenvalue weighted by molar-refractivity contribution is 5.77. The minimum atomic E-state index is -0.784. The van der Waals surface area contributed by atoms with Crippen molar-refractivity contribution in [2.75, 3.05) is 6.61 Å². The van der Waals surface area contributed by atoms with Crippen LogP contribution in [0.1, 0.15) is 51.8 Å². The summed E-state index contributed by atoms with van der Waals surface area (Å²) < 4.78 is 24.9. The number of pyridine rings is 1. The van der Waals surface area contributed by atoms with Crippen molar-refractivity contribution < 1.29 is 18.7 Å². The SMILES string of the molecule is C=C(c1cc2c(c(-c3ccc(F)cc3)n1)OC[C@]2(C)NC(=O)OC(C)(C)C)C1CC1. The van der Waals surface area contributed by atoms with Gasteiger partial charge in [-0.2, -0.15) is 0 Å². The van der Waals surface area contributed by atoms with Gasteiger partial charge in [0.2, 0.25) is 0 Å². The molecule has 0 bridgehead atoms. The fourth-order valence-electron chi connectivity index (χ4n) is 3.62. The van der Waals surface area contributed by atoms with Crippen molar-refractivity contribution in [3.05, 3.63) is 54.0 Å². The highest BCUT2D eigenvalue weighted by Gasteiger charge is 2.42. The molecule has 1 aromatic carbocycles. The van der Waals surface area contributed by atoms with Gasteiger partial charge in [0.05, 0.1) is 5.69 Å². The number of carbonyl (C=O) groups excluding carboxylic acids is 1. The first-order valence-electron chi connectivity index (χ1n) is 10.2. The molecule has 1 aromatic heterocycles. The van der Waals surface area contributed by atoms with Crippen LogP contribution in [0.4, 0.5) is 9.18 Å². The number of alkyl carbamates (subject to hydrolysis) is 1. The first kappa shape index (κ1) is 20.4. The quantitative estimate of drug-likeness (QED) is 0.729. The number of benzene rings is 1. The van der Waals surface area contributed by atoms with Gasteiger partial charge in [-0.25, -0.2) is 14.2 Å². The molecule has 1 aliphatic carbocycles. The molecular formula is C24H27FN2O3. The van der Waals surface area contributed by atoms with Gasteiger partial charge in [-0.1, -0.05) is 6.58 Å². The van der Waals surface area contributed by atoms with Crippen molar-refractivity contribution >= 4 is 11.7 Å². The second-order valence-corrected chi connectivity index (χ2v) is 9.29. The second kappa shape index (κ2) is 7.11. The fourth-order valence-corrected chi connectivity index (χ4v) is 3.62. The number of hydrogen-bond donors (Lipinski definition) is 1. The Morgan fingerprint density at radius 3 is 2.57 bits per heavy atom. The monoisotopic (exact) mass is 410 g/mol. The number of amides is 1. The molecule has 6 heteroatoms. The predicted molar refractivity (Wildman–Crippen MR) is 114 cm³/mol. The van der Waals surface area contributed by atoms with Crippen LogP contribution in [0.3, 0.4) is 0 Å². The number of hydrogen-bond acceptors (Lipinski definition) is 4. The van der Waals surface area contributed by atoms with E-state index in [0.717, 1.165) is 35.2 Å². The lowest BCUT2D eigenvalue weighted by molar-refractivity contribution is 0.0447. The molecule has 1 N–H and O–H groups in total. The number of rotatable bonds is 4. The average Bonchev–Trinajstić information content (AvgIpc) is 3.45. The summed E-state index contributed by atoms with van der Waals surface area (Å²) in [6, 6.07) is 8.12. The van der Waals surface area contributed by atoms with Crippen LogP contribution in [0.15, 0.2) is 36.9 Å². The maximum Gasteiger partial charge on any atom is 0.408 e. The molecule has 0 saturated heterocycles. The molecule has 5 nitrogen and oxygen atoms in total. The van der Waals surface area contributed by atoms with Crippen molar-refractivity contribution in [1.29, 1.82) is 0 Å². The Morgan fingerprint density at radius 2 is 1.97 bits per heavy atom. The zero-order valence-corrected chi connectivity index (χ0v) is 17.8. The lowest BCUT2D eigenvalue weighted by atomic mass is 9.91. The molecule has 2 aromatic rings. The number of carbonyl (C=O) groups is 1. The van der Waals surface area contributed by atoms with E-state index < -0.39 is 17.2 Å². The van der Waals surface area contributed by atoms with E-state index in [4.69, 9.17) is 14.5 Å². The molecule has 4 rings (SSSR count). The van der Waals surface area contributed by atoms with Crippen molar-refractivity contribution in [1.82, 2.24) is 10.3 Å². The molecule has 0 spiro atoms. The Labute approximate surface area is 176 Å². The third kappa shape index (κ3) is 4.04. The summed E-state index contributed by atoms with van der Waals surface area (Å²) in [5.41, 5.74) is 2.56. The Morgan fingerprint density at radius 1 is 1.30 bits per heavy atom. The van der Waals surface area contributed by atoms with Crippen LogP contribution in [0.5, 0.6) is 5.75 Å². The van der Waals surface area contributed by atoms with E-state index in [1.54, 1.807) is 12.1 Å². The first-order chi connectivity index (χ1) is 14.1. The first-order valence-corrected chi connectivity index (χ1v) is 10.2. The number of nitrogens with zero attached hydrogens (tertiary/aromatic N) is 1. The maximum absolute atomic E-state index is 13.5. The van der Waals surface area contributed by atoms with Gasteiger partial charge in [0.1, 0.15) is 29.3 Å². The van der Waals surface area contributed by atoms with Crippen LogP contribution in [0.25, 0.3) is 16.8 Å². The molecule has 0 unspecified atom stereocenters. The topological polar surface area (TPSA) is 60.5 Å². The lowest BCUT2D eigenvalue weighted by Gasteiger charge is -2.27. The Bertz CT molecular complexity index is 1010. The van der Waals surface area contributed by atoms with Crippen molar-refractivity contribution in [2.24, 2.45) is 5.92 Å². The maximum atomic E-state index is 13.5. The molecule has 1 atom stereocenters. The molecule has 158 valence electrons. The lowest BCUT2D eigenvalue weighted by Crippen LogP contribution is -2.46. The van der Waals surface area contributed by atoms with Crippen LogP contribution in [-0.4, -0.2) is 23.3 Å². The summed E-state index contributed by atoms with van der Waals surface area (Å²) >= 11 is 0. The average molecular weight is 410 g/mol. The standard InChI is InChI=1S/C24H27FN2O3/c1-14(15-6-7-15)19-12-18-21(20(26-19)16-8-10-17(25)11-9-16)29-13-24(18,5)27-22(28)30-23(2,3)4/h8-12,15H,1,6-7,13H2,2-5H3,(H,27,28)/t24-/m0/s1. The minimum absolute atomic E-state index is 0.247. The van der Waals surface area contributed by atoms with Gasteiger partial charge in [-0.15, -0.1) is 0 Å². The Kier molecular flexibility index (Phi) is 4.83. The van der Waals surface area contributed by atoms with E-state index in [1.807, 2.05) is 33.8 Å². The largest absolute Gasteiger partial charge is 0.488 e. The van der Waals surface area contributed by atoms with E-state index in [-0.39, 0.29) is 12.4 Å². The molecule has 2 heterocycles. The van der Waals surface area contributed by atoms with Gasteiger partial charge in [0.15, 0.2) is 5.75 Å². The molecule has 1 fully saturated rings. The normalized spacial score (nSPS) is 20.3. The van der Waals surface area contributed by atoms with E-state index in [0.29, 0.717) is 17.4 Å². The van der Waals surface area contributed by atoms with Crippen LogP contribution in [0, 0.1) is 11.7 Å². The third-order valence-electron chi connectivity index (χ3n) is 5.37. The molecule has 1 saturated carbocycles. The van der Waals surface area contributed by atoms with Crippen LogP contribution >= 0.6 is 0 Å². The van der Waals surface area contributed by atoms with Gasteiger partial charge in [0, 0.05) is 11.1 Å². The zero-order valence-electron chi connectivity index (χ0n) is 17.8. The van der Waals surface area contributed by atoms with Gasteiger partial charge >= 0.3 is 6.09 Å². The fraction of sp³-hybridized carbons (Fsp3) is 0.417. The van der Waals surface area contributed by atoms with Crippen LogP contribution in [0.2, 0.25) is 0 Å². The van der Waals surface area contributed by atoms with Gasteiger partial charge < -0.3 is 14.8 Å². The molecule has 1 aliphatic heterocycles. The summed E-state index contributed by atoms with van der Waals surface area (Å²) in [6.07, 6.45) is 1.70. The predicted octanol–water partition coefficient (Wildman–Crippen LogP) is 5.44. The molecule has 2 aliphatic rings. The summed E-state index contributed by atoms with van der Waals surface area (Å²) in [6.45, 7) is 11.9. The van der Waals surface area contributed by atoms with E-state index >= 15 is 0 Å².